The Balaban J connectivity index is 1.40. The fourth-order valence-electron chi connectivity index (χ4n) is 3.89. The molecule has 2 aliphatic rings. The largest absolute Gasteiger partial charge is 0.481 e. The number of carbonyl (C=O) groups is 3. The van der Waals surface area contributed by atoms with Crippen LogP contribution in [0, 0.1) is 0 Å². The number of hydrogen-bond donors (Lipinski definition) is 1. The van der Waals surface area contributed by atoms with Crippen LogP contribution in [0.1, 0.15) is 28.8 Å². The van der Waals surface area contributed by atoms with Crippen LogP contribution in [-0.2, 0) is 16.1 Å². The maximum absolute atomic E-state index is 12.8. The van der Waals surface area contributed by atoms with E-state index in [0.29, 0.717) is 35.9 Å². The summed E-state index contributed by atoms with van der Waals surface area (Å²) in [4.78, 5) is 42.3. The van der Waals surface area contributed by atoms with Gasteiger partial charge in [0, 0.05) is 30.2 Å². The molecule has 4 heterocycles. The zero-order valence-corrected chi connectivity index (χ0v) is 16.6. The third kappa shape index (κ3) is 3.31. The first-order valence-corrected chi connectivity index (χ1v) is 9.75. The number of piperidine rings is 1. The number of aromatic nitrogens is 4. The molecule has 156 valence electrons. The molecule has 0 saturated carbocycles. The van der Waals surface area contributed by atoms with E-state index in [9.17, 15) is 14.4 Å². The summed E-state index contributed by atoms with van der Waals surface area (Å²) in [6.45, 7) is 0.305. The molecule has 1 N–H and O–H groups in total. The zero-order valence-electron chi connectivity index (χ0n) is 16.6. The van der Waals surface area contributed by atoms with Crippen molar-refractivity contribution >= 4 is 17.7 Å². The van der Waals surface area contributed by atoms with Crippen molar-refractivity contribution in [2.75, 3.05) is 7.11 Å². The van der Waals surface area contributed by atoms with E-state index in [1.165, 1.54) is 4.90 Å². The molecular weight excluding hydrogens is 400 g/mol. The predicted octanol–water partition coefficient (Wildman–Crippen LogP) is 1.10. The van der Waals surface area contributed by atoms with E-state index in [1.54, 1.807) is 42.3 Å². The summed E-state index contributed by atoms with van der Waals surface area (Å²) in [7, 11) is 1.54. The molecule has 2 aromatic heterocycles. The monoisotopic (exact) mass is 418 g/mol. The number of nitrogens with one attached hydrogen (secondary N) is 1. The van der Waals surface area contributed by atoms with E-state index in [1.807, 2.05) is 12.1 Å². The Labute approximate surface area is 176 Å². The first-order valence-electron chi connectivity index (χ1n) is 9.75. The first-order chi connectivity index (χ1) is 15.0. The number of hydrogen-bond acceptors (Lipinski definition) is 7. The van der Waals surface area contributed by atoms with Crippen molar-refractivity contribution < 1.29 is 19.1 Å². The zero-order chi connectivity index (χ0) is 21.5. The lowest BCUT2D eigenvalue weighted by Crippen LogP contribution is -2.52. The maximum Gasteiger partial charge on any atom is 0.255 e. The number of ether oxygens (including phenoxy) is 1. The number of amides is 3. The quantitative estimate of drug-likeness (QED) is 0.630. The lowest BCUT2D eigenvalue weighted by atomic mass is 10.0. The molecule has 1 saturated heterocycles. The standard InChI is InChI=1S/C21H18N6O4/c1-31-19-4-2-3-17(22-19)27-11-15(24-25-27)12-5-6-14-13(9-12)10-26(21(14)30)16-7-8-18(28)23-20(16)29/h2-6,9,11,16H,7-8,10H2,1H3,(H,23,28,29)/t16-/m1/s1. The molecule has 10 heteroatoms. The van der Waals surface area contributed by atoms with E-state index >= 15 is 0 Å². The van der Waals surface area contributed by atoms with Crippen molar-refractivity contribution in [3.05, 3.63) is 53.7 Å². The lowest BCUT2D eigenvalue weighted by molar-refractivity contribution is -0.136. The smallest absolute Gasteiger partial charge is 0.255 e. The van der Waals surface area contributed by atoms with Crippen LogP contribution < -0.4 is 10.1 Å². The Morgan fingerprint density at radius 1 is 1.16 bits per heavy atom. The van der Waals surface area contributed by atoms with Crippen LogP contribution in [0.4, 0.5) is 0 Å². The average molecular weight is 418 g/mol. The van der Waals surface area contributed by atoms with Gasteiger partial charge in [0.05, 0.1) is 13.3 Å². The topological polar surface area (TPSA) is 119 Å². The molecule has 0 radical (unpaired) electrons. The lowest BCUT2D eigenvalue weighted by Gasteiger charge is -2.29. The highest BCUT2D eigenvalue weighted by molar-refractivity contribution is 6.05. The minimum absolute atomic E-state index is 0.208. The summed E-state index contributed by atoms with van der Waals surface area (Å²) in [6, 6.07) is 10.1. The number of pyridine rings is 1. The molecule has 31 heavy (non-hydrogen) atoms. The van der Waals surface area contributed by atoms with Crippen LogP contribution in [0.15, 0.2) is 42.6 Å². The molecule has 0 bridgehead atoms. The second-order valence-corrected chi connectivity index (χ2v) is 7.36. The van der Waals surface area contributed by atoms with Crippen LogP contribution in [0.25, 0.3) is 17.1 Å². The fraction of sp³-hybridized carbons (Fsp3) is 0.238. The van der Waals surface area contributed by atoms with Gasteiger partial charge < -0.3 is 9.64 Å². The molecule has 5 rings (SSSR count). The Hall–Kier alpha value is -4.08. The Morgan fingerprint density at radius 2 is 2.03 bits per heavy atom. The summed E-state index contributed by atoms with van der Waals surface area (Å²) in [5.41, 5.74) is 2.78. The van der Waals surface area contributed by atoms with Crippen LogP contribution in [-0.4, -0.2) is 55.8 Å². The van der Waals surface area contributed by atoms with Crippen LogP contribution in [0.3, 0.4) is 0 Å². The van der Waals surface area contributed by atoms with Gasteiger partial charge in [-0.3, -0.25) is 19.7 Å². The van der Waals surface area contributed by atoms with Crippen molar-refractivity contribution in [1.82, 2.24) is 30.2 Å². The van der Waals surface area contributed by atoms with Gasteiger partial charge in [-0.2, -0.15) is 4.98 Å². The first kappa shape index (κ1) is 18.9. The molecule has 0 unspecified atom stereocenters. The highest BCUT2D eigenvalue weighted by Crippen LogP contribution is 2.30. The number of nitrogens with zero attached hydrogens (tertiary/aromatic N) is 5. The van der Waals surface area contributed by atoms with Crippen LogP contribution in [0.5, 0.6) is 5.88 Å². The number of benzene rings is 1. The molecule has 1 aromatic carbocycles. The third-order valence-electron chi connectivity index (χ3n) is 5.47. The molecule has 0 spiro atoms. The molecule has 1 atom stereocenters. The minimum atomic E-state index is -0.638. The Kier molecular flexibility index (Phi) is 4.46. The highest BCUT2D eigenvalue weighted by atomic mass is 16.5. The molecule has 3 amide bonds. The Bertz CT molecular complexity index is 1220. The van der Waals surface area contributed by atoms with Crippen LogP contribution >= 0.6 is 0 Å². The number of carbonyl (C=O) groups excluding carboxylic acids is 3. The van der Waals surface area contributed by atoms with Gasteiger partial charge in [0.1, 0.15) is 11.7 Å². The van der Waals surface area contributed by atoms with Gasteiger partial charge >= 0.3 is 0 Å². The summed E-state index contributed by atoms with van der Waals surface area (Å²) in [5, 5.41) is 10.7. The van der Waals surface area contributed by atoms with Crippen LogP contribution in [0.2, 0.25) is 0 Å². The average Bonchev–Trinajstić information content (AvgIpc) is 3.39. The van der Waals surface area contributed by atoms with Gasteiger partial charge in [-0.1, -0.05) is 17.3 Å². The number of methoxy groups -OCH3 is 1. The normalized spacial score (nSPS) is 18.2. The van der Waals surface area contributed by atoms with Crippen molar-refractivity contribution in [2.24, 2.45) is 0 Å². The van der Waals surface area contributed by atoms with Gasteiger partial charge in [0.25, 0.3) is 5.91 Å². The van der Waals surface area contributed by atoms with E-state index in [2.05, 4.69) is 20.6 Å². The fourth-order valence-corrected chi connectivity index (χ4v) is 3.89. The van der Waals surface area contributed by atoms with E-state index in [0.717, 1.165) is 11.1 Å². The highest BCUT2D eigenvalue weighted by Gasteiger charge is 2.39. The Morgan fingerprint density at radius 3 is 2.84 bits per heavy atom. The molecule has 0 aliphatic carbocycles. The number of fused-ring (bicyclic) bond motifs is 1. The van der Waals surface area contributed by atoms with Crippen molar-refractivity contribution in [2.45, 2.75) is 25.4 Å². The summed E-state index contributed by atoms with van der Waals surface area (Å²) < 4.78 is 6.69. The summed E-state index contributed by atoms with van der Waals surface area (Å²) >= 11 is 0. The van der Waals surface area contributed by atoms with E-state index in [-0.39, 0.29) is 18.2 Å². The molecule has 3 aromatic rings. The predicted molar refractivity (Wildman–Crippen MR) is 107 cm³/mol. The minimum Gasteiger partial charge on any atom is -0.481 e. The summed E-state index contributed by atoms with van der Waals surface area (Å²) in [5.74, 6) is 0.102. The molecule has 1 fully saturated rings. The van der Waals surface area contributed by atoms with Crippen molar-refractivity contribution in [3.63, 3.8) is 0 Å². The number of imide groups is 1. The van der Waals surface area contributed by atoms with E-state index < -0.39 is 11.9 Å². The van der Waals surface area contributed by atoms with Gasteiger partial charge in [0.15, 0.2) is 5.82 Å². The second-order valence-electron chi connectivity index (χ2n) is 7.36. The molecule has 10 nitrogen and oxygen atoms in total. The van der Waals surface area contributed by atoms with Gasteiger partial charge in [-0.25, -0.2) is 4.68 Å². The SMILES string of the molecule is COc1cccc(-n2cc(-c3ccc4c(c3)CN([C@@H]3CCC(=O)NC3=O)C4=O)nn2)n1. The van der Waals surface area contributed by atoms with Crippen molar-refractivity contribution in [3.8, 4) is 23.0 Å². The summed E-state index contributed by atoms with van der Waals surface area (Å²) in [6.07, 6.45) is 2.31. The molecular formula is C21H18N6O4. The maximum atomic E-state index is 12.8. The molecule has 2 aliphatic heterocycles. The van der Waals surface area contributed by atoms with Gasteiger partial charge in [-0.05, 0) is 30.2 Å². The van der Waals surface area contributed by atoms with Crippen molar-refractivity contribution in [1.29, 1.82) is 0 Å². The second kappa shape index (κ2) is 7.31. The van der Waals surface area contributed by atoms with Gasteiger partial charge in [0.2, 0.25) is 17.7 Å². The van der Waals surface area contributed by atoms with Gasteiger partial charge in [-0.15, -0.1) is 5.10 Å². The van der Waals surface area contributed by atoms with E-state index in [4.69, 9.17) is 4.74 Å². The third-order valence-corrected chi connectivity index (χ3v) is 5.47. The number of rotatable bonds is 4.